The molecule has 2 N–H and O–H groups in total. The van der Waals surface area contributed by atoms with E-state index in [1.54, 1.807) is 23.5 Å². The van der Waals surface area contributed by atoms with Crippen LogP contribution in [0.2, 0.25) is 0 Å². The average molecular weight is 307 g/mol. The smallest absolute Gasteiger partial charge is 0.328 e. The molecule has 1 amide bonds. The molecule has 1 atom stereocenters. The molecule has 0 aliphatic carbocycles. The Bertz CT molecular complexity index is 629. The van der Waals surface area contributed by atoms with Gasteiger partial charge in [-0.1, -0.05) is 0 Å². The maximum absolute atomic E-state index is 12.1. The van der Waals surface area contributed by atoms with Gasteiger partial charge in [0.05, 0.1) is 10.9 Å². The van der Waals surface area contributed by atoms with Crippen LogP contribution in [0.15, 0.2) is 35.0 Å². The van der Waals surface area contributed by atoms with Crippen LogP contribution in [0.5, 0.6) is 0 Å². The molecule has 104 valence electrons. The molecule has 0 fully saturated rings. The van der Waals surface area contributed by atoms with Crippen molar-refractivity contribution in [1.29, 1.82) is 0 Å². The molecule has 0 radical (unpaired) electrons. The number of hydrogen-bond donors (Lipinski definition) is 2. The fourth-order valence-corrected chi connectivity index (χ4v) is 3.16. The number of carboxylic acid groups (broad SMARTS) is 1. The van der Waals surface area contributed by atoms with Crippen LogP contribution in [0, 0.1) is 0 Å². The van der Waals surface area contributed by atoms with Gasteiger partial charge >= 0.3 is 5.97 Å². The van der Waals surface area contributed by atoms with E-state index in [0.29, 0.717) is 4.88 Å². The lowest BCUT2D eigenvalue weighted by Crippen LogP contribution is -2.25. The number of thiophene rings is 2. The summed E-state index contributed by atoms with van der Waals surface area (Å²) in [5, 5.41) is 15.4. The van der Waals surface area contributed by atoms with Crippen molar-refractivity contribution in [2.24, 2.45) is 0 Å². The van der Waals surface area contributed by atoms with Gasteiger partial charge in [-0.2, -0.15) is 11.3 Å². The van der Waals surface area contributed by atoms with E-state index in [4.69, 9.17) is 5.11 Å². The van der Waals surface area contributed by atoms with Gasteiger partial charge in [0.1, 0.15) is 0 Å². The number of carbonyl (C=O) groups excluding carboxylic acids is 1. The molecule has 0 saturated carbocycles. The van der Waals surface area contributed by atoms with Crippen molar-refractivity contribution in [1.82, 2.24) is 5.32 Å². The van der Waals surface area contributed by atoms with Gasteiger partial charge in [-0.25, -0.2) is 4.79 Å². The summed E-state index contributed by atoms with van der Waals surface area (Å²) in [6.07, 6.45) is 2.54. The highest BCUT2D eigenvalue weighted by atomic mass is 32.1. The molecular formula is C14H13NO3S2. The van der Waals surface area contributed by atoms with Crippen LogP contribution in [0.25, 0.3) is 6.08 Å². The second-order valence-corrected chi connectivity index (χ2v) is 6.02. The van der Waals surface area contributed by atoms with Crippen molar-refractivity contribution in [2.75, 3.05) is 0 Å². The molecule has 2 rings (SSSR count). The van der Waals surface area contributed by atoms with E-state index in [1.165, 1.54) is 17.4 Å². The molecule has 0 aromatic carbocycles. The highest BCUT2D eigenvalue weighted by Gasteiger charge is 2.13. The third-order valence-electron chi connectivity index (χ3n) is 2.63. The summed E-state index contributed by atoms with van der Waals surface area (Å²) in [5.41, 5.74) is 1.07. The minimum absolute atomic E-state index is 0.0474. The van der Waals surface area contributed by atoms with E-state index in [2.05, 4.69) is 5.32 Å². The Morgan fingerprint density at radius 1 is 1.35 bits per heavy atom. The summed E-state index contributed by atoms with van der Waals surface area (Å²) in [4.78, 5) is 23.8. The zero-order valence-corrected chi connectivity index (χ0v) is 12.3. The second-order valence-electron chi connectivity index (χ2n) is 4.13. The van der Waals surface area contributed by atoms with E-state index >= 15 is 0 Å². The normalized spacial score (nSPS) is 12.4. The van der Waals surface area contributed by atoms with Gasteiger partial charge in [-0.05, 0) is 47.5 Å². The van der Waals surface area contributed by atoms with Gasteiger partial charge in [0.15, 0.2) is 0 Å². The minimum Gasteiger partial charge on any atom is -0.478 e. The zero-order chi connectivity index (χ0) is 14.5. The lowest BCUT2D eigenvalue weighted by Gasteiger charge is -2.11. The Morgan fingerprint density at radius 2 is 2.15 bits per heavy atom. The van der Waals surface area contributed by atoms with Crippen molar-refractivity contribution in [3.8, 4) is 0 Å². The van der Waals surface area contributed by atoms with Gasteiger partial charge in [0, 0.05) is 11.0 Å². The largest absolute Gasteiger partial charge is 0.478 e. The molecule has 0 saturated heterocycles. The SMILES string of the molecule is CC(NC(=O)c1ccc(C=CC(=O)O)s1)c1ccsc1. The maximum Gasteiger partial charge on any atom is 0.328 e. The first-order valence-corrected chi connectivity index (χ1v) is 7.66. The minimum atomic E-state index is -1.00. The maximum atomic E-state index is 12.1. The number of nitrogens with one attached hydrogen (secondary N) is 1. The van der Waals surface area contributed by atoms with Gasteiger partial charge < -0.3 is 10.4 Å². The van der Waals surface area contributed by atoms with E-state index in [9.17, 15) is 9.59 Å². The third-order valence-corrected chi connectivity index (χ3v) is 4.38. The summed E-state index contributed by atoms with van der Waals surface area (Å²) in [6.45, 7) is 1.93. The van der Waals surface area contributed by atoms with Crippen LogP contribution in [-0.2, 0) is 4.79 Å². The summed E-state index contributed by atoms with van der Waals surface area (Å²) < 4.78 is 0. The number of amides is 1. The summed E-state index contributed by atoms with van der Waals surface area (Å²) >= 11 is 2.85. The fraction of sp³-hybridized carbons (Fsp3) is 0.143. The molecule has 20 heavy (non-hydrogen) atoms. The Labute approximate surface area is 124 Å². The van der Waals surface area contributed by atoms with E-state index in [0.717, 1.165) is 16.5 Å². The monoisotopic (exact) mass is 307 g/mol. The van der Waals surface area contributed by atoms with Gasteiger partial charge in [-0.15, -0.1) is 11.3 Å². The van der Waals surface area contributed by atoms with Gasteiger partial charge in [-0.3, -0.25) is 4.79 Å². The van der Waals surface area contributed by atoms with E-state index in [-0.39, 0.29) is 11.9 Å². The number of carbonyl (C=O) groups is 2. The number of aliphatic carboxylic acids is 1. The highest BCUT2D eigenvalue weighted by molar-refractivity contribution is 7.14. The molecule has 0 bridgehead atoms. The third kappa shape index (κ3) is 3.79. The molecule has 2 heterocycles. The molecular weight excluding hydrogens is 294 g/mol. The van der Waals surface area contributed by atoms with Crippen LogP contribution in [0.3, 0.4) is 0 Å². The Balaban J connectivity index is 2.01. The van der Waals surface area contributed by atoms with Gasteiger partial charge in [0.25, 0.3) is 5.91 Å². The first-order valence-electron chi connectivity index (χ1n) is 5.90. The van der Waals surface area contributed by atoms with Crippen LogP contribution >= 0.6 is 22.7 Å². The molecule has 4 nitrogen and oxygen atoms in total. The summed E-state index contributed by atoms with van der Waals surface area (Å²) in [7, 11) is 0. The summed E-state index contributed by atoms with van der Waals surface area (Å²) in [5.74, 6) is -1.15. The van der Waals surface area contributed by atoms with E-state index < -0.39 is 5.97 Å². The van der Waals surface area contributed by atoms with Crippen LogP contribution < -0.4 is 5.32 Å². The van der Waals surface area contributed by atoms with Crippen molar-refractivity contribution in [3.05, 3.63) is 50.4 Å². The number of hydrogen-bond acceptors (Lipinski definition) is 4. The van der Waals surface area contributed by atoms with Gasteiger partial charge in [0.2, 0.25) is 0 Å². The predicted octanol–water partition coefficient (Wildman–Crippen LogP) is 3.40. The topological polar surface area (TPSA) is 66.4 Å². The molecule has 0 spiro atoms. The molecule has 2 aromatic rings. The lowest BCUT2D eigenvalue weighted by atomic mass is 10.2. The molecule has 1 unspecified atom stereocenters. The lowest BCUT2D eigenvalue weighted by molar-refractivity contribution is -0.131. The molecule has 2 aromatic heterocycles. The van der Waals surface area contributed by atoms with Crippen molar-refractivity contribution < 1.29 is 14.7 Å². The van der Waals surface area contributed by atoms with Crippen LogP contribution in [0.1, 0.15) is 33.1 Å². The standard InChI is InChI=1S/C14H13NO3S2/c1-9(10-6-7-19-8-10)15-14(18)12-4-2-11(20-12)3-5-13(16)17/h2-9H,1H3,(H,15,18)(H,16,17). The van der Waals surface area contributed by atoms with Crippen LogP contribution in [0.4, 0.5) is 0 Å². The molecule has 0 aliphatic heterocycles. The number of carboxylic acids is 1. The molecule has 0 aliphatic rings. The van der Waals surface area contributed by atoms with Crippen molar-refractivity contribution >= 4 is 40.6 Å². The first-order chi connectivity index (χ1) is 9.56. The average Bonchev–Trinajstić information content (AvgIpc) is 3.07. The zero-order valence-electron chi connectivity index (χ0n) is 10.7. The Hall–Kier alpha value is -1.92. The quantitative estimate of drug-likeness (QED) is 0.832. The molecule has 6 heteroatoms. The summed E-state index contributed by atoms with van der Waals surface area (Å²) in [6, 6.07) is 5.36. The predicted molar refractivity (Wildman–Crippen MR) is 81.2 cm³/mol. The number of rotatable bonds is 5. The van der Waals surface area contributed by atoms with Crippen LogP contribution in [-0.4, -0.2) is 17.0 Å². The van der Waals surface area contributed by atoms with E-state index in [1.807, 2.05) is 23.8 Å². The Kier molecular flexibility index (Phi) is 4.70. The fourth-order valence-electron chi connectivity index (χ4n) is 1.59. The van der Waals surface area contributed by atoms with Crippen molar-refractivity contribution in [3.63, 3.8) is 0 Å². The Morgan fingerprint density at radius 3 is 2.80 bits per heavy atom. The second kappa shape index (κ2) is 6.49. The van der Waals surface area contributed by atoms with Crippen molar-refractivity contribution in [2.45, 2.75) is 13.0 Å². The first kappa shape index (κ1) is 14.5. The highest BCUT2D eigenvalue weighted by Crippen LogP contribution is 2.20.